The van der Waals surface area contributed by atoms with Gasteiger partial charge in [-0.2, -0.15) is 0 Å². The van der Waals surface area contributed by atoms with Gasteiger partial charge in [0, 0.05) is 11.0 Å². The summed E-state index contributed by atoms with van der Waals surface area (Å²) in [5.41, 5.74) is 0.825. The van der Waals surface area contributed by atoms with Crippen molar-refractivity contribution in [1.29, 1.82) is 0 Å². The number of rotatable bonds is 6. The van der Waals surface area contributed by atoms with E-state index in [0.29, 0.717) is 21.7 Å². The van der Waals surface area contributed by atoms with Crippen LogP contribution in [0.5, 0.6) is 17.2 Å². The lowest BCUT2D eigenvalue weighted by Gasteiger charge is -2.14. The first kappa shape index (κ1) is 18.9. The topological polar surface area (TPSA) is 68.8 Å². The Balaban J connectivity index is 2.06. The number of ether oxygens (including phenoxy) is 3. The van der Waals surface area contributed by atoms with Crippen LogP contribution < -0.4 is 24.8 Å². The number of carbonyl (C=O) groups excluding carboxylic acids is 1. The summed E-state index contributed by atoms with van der Waals surface area (Å²) in [6, 6.07) is 7.30. The van der Waals surface area contributed by atoms with Crippen LogP contribution in [0.3, 0.4) is 0 Å². The van der Waals surface area contributed by atoms with Gasteiger partial charge in [0.25, 0.3) is 0 Å². The summed E-state index contributed by atoms with van der Waals surface area (Å²) >= 11 is 3.16. The maximum Gasteiger partial charge on any atom is 0.319 e. The molecule has 0 fully saturated rings. The van der Waals surface area contributed by atoms with Crippen LogP contribution in [-0.2, 0) is 6.54 Å². The predicted octanol–water partition coefficient (Wildman–Crippen LogP) is 3.94. The Labute approximate surface area is 153 Å². The molecule has 0 saturated heterocycles. The van der Waals surface area contributed by atoms with Gasteiger partial charge in [-0.1, -0.05) is 15.9 Å². The number of amides is 2. The summed E-state index contributed by atoms with van der Waals surface area (Å²) in [5.74, 6) is 0.906. The number of benzene rings is 2. The van der Waals surface area contributed by atoms with Crippen LogP contribution in [0, 0.1) is 5.82 Å². The molecule has 2 N–H and O–H groups in total. The molecule has 2 aromatic rings. The molecular formula is C17H18BrFN2O4. The van der Waals surface area contributed by atoms with E-state index in [0.717, 1.165) is 5.56 Å². The zero-order valence-electron chi connectivity index (χ0n) is 14.0. The zero-order valence-corrected chi connectivity index (χ0v) is 15.6. The van der Waals surface area contributed by atoms with Gasteiger partial charge in [-0.3, -0.25) is 0 Å². The van der Waals surface area contributed by atoms with Gasteiger partial charge in [-0.25, -0.2) is 9.18 Å². The molecule has 0 aliphatic heterocycles. The molecule has 25 heavy (non-hydrogen) atoms. The molecule has 0 aliphatic rings. The Bertz CT molecular complexity index is 745. The van der Waals surface area contributed by atoms with E-state index in [1.165, 1.54) is 33.5 Å². The van der Waals surface area contributed by atoms with Gasteiger partial charge < -0.3 is 24.8 Å². The van der Waals surface area contributed by atoms with Gasteiger partial charge >= 0.3 is 6.03 Å². The highest BCUT2D eigenvalue weighted by molar-refractivity contribution is 9.10. The first-order valence-electron chi connectivity index (χ1n) is 7.27. The van der Waals surface area contributed by atoms with E-state index in [-0.39, 0.29) is 12.2 Å². The molecule has 2 aromatic carbocycles. The maximum absolute atomic E-state index is 13.7. The van der Waals surface area contributed by atoms with E-state index in [9.17, 15) is 9.18 Å². The average Bonchev–Trinajstić information content (AvgIpc) is 2.61. The largest absolute Gasteiger partial charge is 0.493 e. The van der Waals surface area contributed by atoms with Crippen molar-refractivity contribution < 1.29 is 23.4 Å². The summed E-state index contributed by atoms with van der Waals surface area (Å²) in [4.78, 5) is 12.0. The number of anilines is 1. The molecule has 134 valence electrons. The second-order valence-corrected chi connectivity index (χ2v) is 5.88. The smallest absolute Gasteiger partial charge is 0.319 e. The van der Waals surface area contributed by atoms with Crippen molar-refractivity contribution >= 4 is 27.6 Å². The summed E-state index contributed by atoms with van der Waals surface area (Å²) in [6.07, 6.45) is 0. The van der Waals surface area contributed by atoms with Crippen LogP contribution in [0.4, 0.5) is 14.9 Å². The normalized spacial score (nSPS) is 10.1. The molecule has 0 heterocycles. The highest BCUT2D eigenvalue weighted by atomic mass is 79.9. The minimum atomic E-state index is -0.532. The van der Waals surface area contributed by atoms with Crippen molar-refractivity contribution in [1.82, 2.24) is 5.32 Å². The predicted molar refractivity (Wildman–Crippen MR) is 96.1 cm³/mol. The Kier molecular flexibility index (Phi) is 6.46. The minimum absolute atomic E-state index is 0.0885. The second-order valence-electron chi connectivity index (χ2n) is 4.97. The Morgan fingerprint density at radius 3 is 2.24 bits per heavy atom. The number of carbonyl (C=O) groups is 1. The number of urea groups is 1. The van der Waals surface area contributed by atoms with E-state index in [4.69, 9.17) is 14.2 Å². The number of methoxy groups -OCH3 is 3. The number of nitrogens with one attached hydrogen (secondary N) is 2. The highest BCUT2D eigenvalue weighted by Gasteiger charge is 2.14. The molecule has 0 aliphatic carbocycles. The van der Waals surface area contributed by atoms with Gasteiger partial charge in [0.05, 0.1) is 27.0 Å². The average molecular weight is 413 g/mol. The van der Waals surface area contributed by atoms with Crippen LogP contribution >= 0.6 is 15.9 Å². The maximum atomic E-state index is 13.7. The number of hydrogen-bond donors (Lipinski definition) is 2. The monoisotopic (exact) mass is 412 g/mol. The molecule has 0 spiro atoms. The summed E-state index contributed by atoms with van der Waals surface area (Å²) < 4.78 is 30.1. The lowest BCUT2D eigenvalue weighted by molar-refractivity contribution is 0.251. The van der Waals surface area contributed by atoms with Crippen molar-refractivity contribution in [3.05, 3.63) is 46.2 Å². The first-order valence-corrected chi connectivity index (χ1v) is 8.06. The molecule has 6 nitrogen and oxygen atoms in total. The van der Waals surface area contributed by atoms with Crippen molar-refractivity contribution in [3.63, 3.8) is 0 Å². The van der Waals surface area contributed by atoms with Crippen LogP contribution in [0.2, 0.25) is 0 Å². The van der Waals surface area contributed by atoms with E-state index in [1.807, 2.05) is 0 Å². The molecular weight excluding hydrogens is 395 g/mol. The summed E-state index contributed by atoms with van der Waals surface area (Å²) in [5, 5.41) is 5.10. The quantitative estimate of drug-likeness (QED) is 0.753. The van der Waals surface area contributed by atoms with Crippen LogP contribution in [0.15, 0.2) is 34.8 Å². The first-order chi connectivity index (χ1) is 12.0. The van der Waals surface area contributed by atoms with Crippen molar-refractivity contribution in [2.24, 2.45) is 0 Å². The SMILES string of the molecule is COc1cc(CNC(=O)Nc2ccc(Br)cc2F)cc(OC)c1OC. The van der Waals surface area contributed by atoms with E-state index in [2.05, 4.69) is 26.6 Å². The van der Waals surface area contributed by atoms with Crippen molar-refractivity contribution in [3.8, 4) is 17.2 Å². The molecule has 0 saturated carbocycles. The molecule has 0 aromatic heterocycles. The lowest BCUT2D eigenvalue weighted by atomic mass is 10.2. The van der Waals surface area contributed by atoms with Crippen molar-refractivity contribution in [2.45, 2.75) is 6.54 Å². The molecule has 0 bridgehead atoms. The number of hydrogen-bond acceptors (Lipinski definition) is 4. The Hall–Kier alpha value is -2.48. The van der Waals surface area contributed by atoms with Gasteiger partial charge in [0.2, 0.25) is 5.75 Å². The van der Waals surface area contributed by atoms with Crippen LogP contribution in [0.1, 0.15) is 5.56 Å². The van der Waals surface area contributed by atoms with E-state index >= 15 is 0 Å². The molecule has 2 amide bonds. The lowest BCUT2D eigenvalue weighted by Crippen LogP contribution is -2.28. The van der Waals surface area contributed by atoms with E-state index < -0.39 is 11.8 Å². The van der Waals surface area contributed by atoms with Gasteiger partial charge in [-0.05, 0) is 35.9 Å². The molecule has 8 heteroatoms. The van der Waals surface area contributed by atoms with Gasteiger partial charge in [-0.15, -0.1) is 0 Å². The van der Waals surface area contributed by atoms with Gasteiger partial charge in [0.15, 0.2) is 11.5 Å². The summed E-state index contributed by atoms with van der Waals surface area (Å²) in [7, 11) is 4.54. The van der Waals surface area contributed by atoms with Gasteiger partial charge in [0.1, 0.15) is 5.82 Å². The third-order valence-electron chi connectivity index (χ3n) is 3.36. The van der Waals surface area contributed by atoms with Crippen LogP contribution in [-0.4, -0.2) is 27.4 Å². The highest BCUT2D eigenvalue weighted by Crippen LogP contribution is 2.38. The second kappa shape index (κ2) is 8.57. The molecule has 2 rings (SSSR count). The molecule has 0 unspecified atom stereocenters. The third-order valence-corrected chi connectivity index (χ3v) is 3.85. The summed E-state index contributed by atoms with van der Waals surface area (Å²) in [6.45, 7) is 0.195. The standard InChI is InChI=1S/C17H18BrFN2O4/c1-23-14-6-10(7-15(24-2)16(14)25-3)9-20-17(22)21-13-5-4-11(18)8-12(13)19/h4-8H,9H2,1-3H3,(H2,20,21,22). The molecule has 0 radical (unpaired) electrons. The fourth-order valence-electron chi connectivity index (χ4n) is 2.18. The fourth-order valence-corrected chi connectivity index (χ4v) is 2.51. The zero-order chi connectivity index (χ0) is 18.4. The third kappa shape index (κ3) is 4.76. The van der Waals surface area contributed by atoms with E-state index in [1.54, 1.807) is 18.2 Å². The Morgan fingerprint density at radius 1 is 1.08 bits per heavy atom. The van der Waals surface area contributed by atoms with Crippen molar-refractivity contribution in [2.75, 3.05) is 26.6 Å². The number of halogens is 2. The van der Waals surface area contributed by atoms with Crippen LogP contribution in [0.25, 0.3) is 0 Å². The molecule has 0 atom stereocenters. The Morgan fingerprint density at radius 2 is 1.72 bits per heavy atom. The fraction of sp³-hybridized carbons (Fsp3) is 0.235. The minimum Gasteiger partial charge on any atom is -0.493 e.